The Bertz CT molecular complexity index is 212. The van der Waals surface area contributed by atoms with Crippen LogP contribution in [0.4, 0.5) is 0 Å². The first-order chi connectivity index (χ1) is 8.58. The summed E-state index contributed by atoms with van der Waals surface area (Å²) < 4.78 is 0. The molecule has 1 aliphatic heterocycles. The topological polar surface area (TPSA) is 35.7 Å². The van der Waals surface area contributed by atoms with E-state index in [2.05, 4.69) is 42.6 Å². The quantitative estimate of drug-likeness (QED) is 0.721. The molecular formula is C14H32N4. The fourth-order valence-corrected chi connectivity index (χ4v) is 2.67. The van der Waals surface area contributed by atoms with E-state index in [4.69, 9.17) is 5.73 Å². The molecule has 4 nitrogen and oxygen atoms in total. The lowest BCUT2D eigenvalue weighted by molar-refractivity contribution is 0.0723. The molecule has 2 N–H and O–H groups in total. The van der Waals surface area contributed by atoms with Crippen LogP contribution in [0.1, 0.15) is 20.3 Å². The molecule has 0 saturated carbocycles. The van der Waals surface area contributed by atoms with E-state index in [0.29, 0.717) is 12.0 Å². The van der Waals surface area contributed by atoms with Gasteiger partial charge in [0, 0.05) is 51.9 Å². The molecular weight excluding hydrogens is 224 g/mol. The number of likely N-dealkylation sites (N-methyl/N-ethyl adjacent to an activating group) is 1. The summed E-state index contributed by atoms with van der Waals surface area (Å²) in [5.74, 6) is 0.711. The highest BCUT2D eigenvalue weighted by atomic mass is 15.3. The monoisotopic (exact) mass is 256 g/mol. The molecule has 2 atom stereocenters. The van der Waals surface area contributed by atoms with Crippen molar-refractivity contribution in [3.63, 3.8) is 0 Å². The van der Waals surface area contributed by atoms with Crippen LogP contribution in [-0.2, 0) is 0 Å². The molecule has 0 amide bonds. The summed E-state index contributed by atoms with van der Waals surface area (Å²) in [5, 5.41) is 0. The van der Waals surface area contributed by atoms with Gasteiger partial charge in [-0.2, -0.15) is 0 Å². The van der Waals surface area contributed by atoms with Gasteiger partial charge in [-0.05, 0) is 20.0 Å². The van der Waals surface area contributed by atoms with Gasteiger partial charge in [-0.3, -0.25) is 9.80 Å². The summed E-state index contributed by atoms with van der Waals surface area (Å²) >= 11 is 0. The summed E-state index contributed by atoms with van der Waals surface area (Å²) in [6.07, 6.45) is 1.22. The number of piperazine rings is 1. The van der Waals surface area contributed by atoms with Crippen molar-refractivity contribution in [1.29, 1.82) is 0 Å². The zero-order valence-electron chi connectivity index (χ0n) is 12.7. The first-order valence-corrected chi connectivity index (χ1v) is 7.39. The zero-order valence-corrected chi connectivity index (χ0v) is 12.7. The molecule has 0 aromatic carbocycles. The number of nitrogens with two attached hydrogens (primary N) is 1. The van der Waals surface area contributed by atoms with E-state index in [1.54, 1.807) is 0 Å². The van der Waals surface area contributed by atoms with Gasteiger partial charge in [-0.15, -0.1) is 0 Å². The second-order valence-electron chi connectivity index (χ2n) is 5.87. The third-order valence-electron chi connectivity index (χ3n) is 4.28. The molecule has 0 aliphatic carbocycles. The zero-order chi connectivity index (χ0) is 13.5. The predicted molar refractivity (Wildman–Crippen MR) is 78.9 cm³/mol. The van der Waals surface area contributed by atoms with Crippen LogP contribution in [0.25, 0.3) is 0 Å². The van der Waals surface area contributed by atoms with Crippen molar-refractivity contribution >= 4 is 0 Å². The lowest BCUT2D eigenvalue weighted by Gasteiger charge is -2.41. The molecule has 0 radical (unpaired) electrons. The maximum atomic E-state index is 5.95. The molecule has 108 valence electrons. The number of nitrogens with zero attached hydrogens (tertiary/aromatic N) is 3. The molecule has 0 aromatic rings. The van der Waals surface area contributed by atoms with Gasteiger partial charge >= 0.3 is 0 Å². The summed E-state index contributed by atoms with van der Waals surface area (Å²) in [5.41, 5.74) is 5.95. The minimum Gasteiger partial charge on any atom is -0.329 e. The number of hydrogen-bond donors (Lipinski definition) is 1. The standard InChI is InChI=1S/C14H32N4/c1-5-13(2)14(12-15)18-10-8-17(9-11-18)7-6-16(3)4/h13-14H,5-12,15H2,1-4H3. The van der Waals surface area contributed by atoms with Gasteiger partial charge in [0.15, 0.2) is 0 Å². The van der Waals surface area contributed by atoms with E-state index >= 15 is 0 Å². The molecule has 18 heavy (non-hydrogen) atoms. The Morgan fingerprint density at radius 3 is 2.22 bits per heavy atom. The van der Waals surface area contributed by atoms with Gasteiger partial charge in [0.2, 0.25) is 0 Å². The average molecular weight is 256 g/mol. The minimum atomic E-state index is 0.575. The predicted octanol–water partition coefficient (Wildman–Crippen LogP) is 0.539. The van der Waals surface area contributed by atoms with Gasteiger partial charge in [0.05, 0.1) is 0 Å². The first kappa shape index (κ1) is 15.9. The van der Waals surface area contributed by atoms with Crippen molar-refractivity contribution in [2.24, 2.45) is 11.7 Å². The van der Waals surface area contributed by atoms with Crippen LogP contribution in [0.3, 0.4) is 0 Å². The van der Waals surface area contributed by atoms with Crippen molar-refractivity contribution in [2.75, 3.05) is 59.9 Å². The molecule has 2 unspecified atom stereocenters. The van der Waals surface area contributed by atoms with Gasteiger partial charge in [0.1, 0.15) is 0 Å². The molecule has 1 saturated heterocycles. The second kappa shape index (κ2) is 8.10. The van der Waals surface area contributed by atoms with Crippen molar-refractivity contribution in [2.45, 2.75) is 26.3 Å². The van der Waals surface area contributed by atoms with Crippen LogP contribution in [-0.4, -0.2) is 80.7 Å². The Morgan fingerprint density at radius 2 is 1.78 bits per heavy atom. The van der Waals surface area contributed by atoms with E-state index in [0.717, 1.165) is 13.1 Å². The average Bonchev–Trinajstić information content (AvgIpc) is 2.38. The fourth-order valence-electron chi connectivity index (χ4n) is 2.67. The lowest BCUT2D eigenvalue weighted by atomic mass is 9.97. The van der Waals surface area contributed by atoms with Crippen molar-refractivity contribution in [3.05, 3.63) is 0 Å². The third-order valence-corrected chi connectivity index (χ3v) is 4.28. The molecule has 0 bridgehead atoms. The summed E-state index contributed by atoms with van der Waals surface area (Å²) in [4.78, 5) is 7.43. The molecule has 1 fully saturated rings. The first-order valence-electron chi connectivity index (χ1n) is 7.39. The molecule has 4 heteroatoms. The lowest BCUT2D eigenvalue weighted by Crippen LogP contribution is -2.54. The van der Waals surface area contributed by atoms with Gasteiger partial charge in [-0.25, -0.2) is 0 Å². The maximum Gasteiger partial charge on any atom is 0.0244 e. The van der Waals surface area contributed by atoms with E-state index in [9.17, 15) is 0 Å². The molecule has 0 aromatic heterocycles. The highest BCUT2D eigenvalue weighted by molar-refractivity contribution is 4.82. The van der Waals surface area contributed by atoms with Crippen LogP contribution in [0.15, 0.2) is 0 Å². The van der Waals surface area contributed by atoms with Crippen molar-refractivity contribution in [1.82, 2.24) is 14.7 Å². The Labute approximate surface area is 113 Å². The van der Waals surface area contributed by atoms with E-state index in [1.807, 2.05) is 0 Å². The number of hydrogen-bond acceptors (Lipinski definition) is 4. The van der Waals surface area contributed by atoms with Crippen LogP contribution in [0, 0.1) is 5.92 Å². The van der Waals surface area contributed by atoms with Crippen LogP contribution >= 0.6 is 0 Å². The fraction of sp³-hybridized carbons (Fsp3) is 1.00. The van der Waals surface area contributed by atoms with E-state index < -0.39 is 0 Å². The van der Waals surface area contributed by atoms with Crippen molar-refractivity contribution < 1.29 is 0 Å². The second-order valence-corrected chi connectivity index (χ2v) is 5.87. The minimum absolute atomic E-state index is 0.575. The van der Waals surface area contributed by atoms with Crippen LogP contribution < -0.4 is 5.73 Å². The summed E-state index contributed by atoms with van der Waals surface area (Å²) in [7, 11) is 4.28. The Hall–Kier alpha value is -0.160. The summed E-state index contributed by atoms with van der Waals surface area (Å²) in [6.45, 7) is 12.5. The summed E-state index contributed by atoms with van der Waals surface area (Å²) in [6, 6.07) is 0.575. The van der Waals surface area contributed by atoms with Gasteiger partial charge in [-0.1, -0.05) is 20.3 Å². The third kappa shape index (κ3) is 4.84. The van der Waals surface area contributed by atoms with Crippen LogP contribution in [0.2, 0.25) is 0 Å². The van der Waals surface area contributed by atoms with Crippen LogP contribution in [0.5, 0.6) is 0 Å². The van der Waals surface area contributed by atoms with Gasteiger partial charge < -0.3 is 10.6 Å². The van der Waals surface area contributed by atoms with Gasteiger partial charge in [0.25, 0.3) is 0 Å². The molecule has 1 aliphatic rings. The van der Waals surface area contributed by atoms with E-state index in [1.165, 1.54) is 39.1 Å². The molecule has 1 heterocycles. The Morgan fingerprint density at radius 1 is 1.17 bits per heavy atom. The van der Waals surface area contributed by atoms with E-state index in [-0.39, 0.29) is 0 Å². The Kier molecular flexibility index (Phi) is 7.15. The highest BCUT2D eigenvalue weighted by Gasteiger charge is 2.25. The Balaban J connectivity index is 2.33. The molecule has 0 spiro atoms. The normalized spacial score (nSPS) is 22.3. The molecule has 1 rings (SSSR count). The maximum absolute atomic E-state index is 5.95. The van der Waals surface area contributed by atoms with Crippen molar-refractivity contribution in [3.8, 4) is 0 Å². The highest BCUT2D eigenvalue weighted by Crippen LogP contribution is 2.15. The number of rotatable bonds is 7. The SMILES string of the molecule is CCC(C)C(CN)N1CCN(CCN(C)C)CC1. The largest absolute Gasteiger partial charge is 0.329 e. The smallest absolute Gasteiger partial charge is 0.0244 e.